The van der Waals surface area contributed by atoms with Gasteiger partial charge in [-0.15, -0.1) is 11.8 Å². The maximum Gasteiger partial charge on any atom is 0.230 e. The molecule has 0 unspecified atom stereocenters. The van der Waals surface area contributed by atoms with Crippen LogP contribution in [-0.2, 0) is 14.9 Å². The van der Waals surface area contributed by atoms with E-state index in [0.717, 1.165) is 23.5 Å². The van der Waals surface area contributed by atoms with E-state index < -0.39 is 0 Å². The molecule has 1 aliphatic rings. The molecule has 1 heterocycles. The number of nitrogens with one attached hydrogen (secondary N) is 1. The zero-order chi connectivity index (χ0) is 19.8. The summed E-state index contributed by atoms with van der Waals surface area (Å²) in [6.45, 7) is 4.67. The highest BCUT2D eigenvalue weighted by Crippen LogP contribution is 2.35. The van der Waals surface area contributed by atoms with Gasteiger partial charge in [0.15, 0.2) is 0 Å². The van der Waals surface area contributed by atoms with Crippen LogP contribution in [0.1, 0.15) is 25.3 Å². The number of thioether (sulfide) groups is 1. The Kier molecular flexibility index (Phi) is 7.65. The molecule has 0 atom stereocenters. The van der Waals surface area contributed by atoms with E-state index in [2.05, 4.69) is 17.4 Å². The van der Waals surface area contributed by atoms with Crippen molar-refractivity contribution in [2.75, 3.05) is 32.1 Å². The molecular formula is C22H26ClNO3S. The summed E-state index contributed by atoms with van der Waals surface area (Å²) in [6.07, 6.45) is 1.79. The number of rotatable bonds is 8. The minimum Gasteiger partial charge on any atom is -0.494 e. The third kappa shape index (κ3) is 5.66. The standard InChI is InChI=1S/C22H26ClNO3S/c1-2-27-19-7-3-17(4-8-19)22(11-13-26-14-12-22)16-24-21(25)15-28-20-9-5-18(23)6-10-20/h3-10H,2,11-16H2,1H3,(H,24,25). The Balaban J connectivity index is 1.60. The molecular weight excluding hydrogens is 394 g/mol. The lowest BCUT2D eigenvalue weighted by atomic mass is 9.74. The molecule has 6 heteroatoms. The number of benzene rings is 2. The number of halogens is 1. The van der Waals surface area contributed by atoms with E-state index >= 15 is 0 Å². The van der Waals surface area contributed by atoms with Crippen molar-refractivity contribution in [3.8, 4) is 5.75 Å². The van der Waals surface area contributed by atoms with Crippen LogP contribution in [0.15, 0.2) is 53.4 Å². The Hall–Kier alpha value is -1.69. The van der Waals surface area contributed by atoms with Gasteiger partial charge in [-0.3, -0.25) is 4.79 Å². The molecule has 0 bridgehead atoms. The van der Waals surface area contributed by atoms with Gasteiger partial charge in [0.2, 0.25) is 5.91 Å². The lowest BCUT2D eigenvalue weighted by molar-refractivity contribution is -0.119. The van der Waals surface area contributed by atoms with Crippen LogP contribution in [0.4, 0.5) is 0 Å². The van der Waals surface area contributed by atoms with Crippen LogP contribution in [0, 0.1) is 0 Å². The van der Waals surface area contributed by atoms with Crippen molar-refractivity contribution in [2.24, 2.45) is 0 Å². The van der Waals surface area contributed by atoms with Crippen LogP contribution in [0.3, 0.4) is 0 Å². The summed E-state index contributed by atoms with van der Waals surface area (Å²) >= 11 is 7.42. The largest absolute Gasteiger partial charge is 0.494 e. The molecule has 1 saturated heterocycles. The highest BCUT2D eigenvalue weighted by molar-refractivity contribution is 8.00. The molecule has 2 aromatic carbocycles. The van der Waals surface area contributed by atoms with E-state index in [0.29, 0.717) is 37.1 Å². The highest BCUT2D eigenvalue weighted by atomic mass is 35.5. The molecule has 0 spiro atoms. The Morgan fingerprint density at radius 3 is 2.46 bits per heavy atom. The van der Waals surface area contributed by atoms with E-state index in [1.54, 1.807) is 0 Å². The molecule has 1 fully saturated rings. The van der Waals surface area contributed by atoms with Crippen molar-refractivity contribution in [1.29, 1.82) is 0 Å². The first-order chi connectivity index (χ1) is 13.6. The van der Waals surface area contributed by atoms with E-state index in [4.69, 9.17) is 21.1 Å². The van der Waals surface area contributed by atoms with Crippen LogP contribution in [0.25, 0.3) is 0 Å². The normalized spacial score (nSPS) is 15.8. The van der Waals surface area contributed by atoms with Crippen LogP contribution in [0.5, 0.6) is 5.75 Å². The molecule has 150 valence electrons. The predicted octanol–water partition coefficient (Wildman–Crippen LogP) is 4.70. The fraction of sp³-hybridized carbons (Fsp3) is 0.409. The van der Waals surface area contributed by atoms with Gasteiger partial charge in [-0.25, -0.2) is 0 Å². The Bertz CT molecular complexity index is 758. The lowest BCUT2D eigenvalue weighted by Gasteiger charge is -2.38. The molecule has 4 nitrogen and oxygen atoms in total. The van der Waals surface area contributed by atoms with Gasteiger partial charge in [0.1, 0.15) is 5.75 Å². The third-order valence-corrected chi connectivity index (χ3v) is 6.30. The first-order valence-electron chi connectivity index (χ1n) is 9.57. The molecule has 1 N–H and O–H groups in total. The molecule has 28 heavy (non-hydrogen) atoms. The van der Waals surface area contributed by atoms with Gasteiger partial charge in [-0.05, 0) is 61.7 Å². The maximum absolute atomic E-state index is 12.4. The molecule has 2 aromatic rings. The second-order valence-corrected chi connectivity index (χ2v) is 8.35. The van der Waals surface area contributed by atoms with Crippen LogP contribution < -0.4 is 10.1 Å². The molecule has 1 aliphatic heterocycles. The quantitative estimate of drug-likeness (QED) is 0.630. The third-order valence-electron chi connectivity index (χ3n) is 5.04. The van der Waals surface area contributed by atoms with Crippen molar-refractivity contribution < 1.29 is 14.3 Å². The van der Waals surface area contributed by atoms with Gasteiger partial charge in [0.05, 0.1) is 12.4 Å². The van der Waals surface area contributed by atoms with Crippen LogP contribution in [0.2, 0.25) is 5.02 Å². The highest BCUT2D eigenvalue weighted by Gasteiger charge is 2.34. The van der Waals surface area contributed by atoms with Gasteiger partial charge in [0, 0.05) is 35.1 Å². The zero-order valence-electron chi connectivity index (χ0n) is 16.1. The average molecular weight is 420 g/mol. The van der Waals surface area contributed by atoms with Crippen molar-refractivity contribution >= 4 is 29.3 Å². The van der Waals surface area contributed by atoms with E-state index in [1.165, 1.54) is 17.3 Å². The number of hydrogen-bond acceptors (Lipinski definition) is 4. The predicted molar refractivity (Wildman–Crippen MR) is 115 cm³/mol. The molecule has 0 aromatic heterocycles. The number of hydrogen-bond donors (Lipinski definition) is 1. The summed E-state index contributed by atoms with van der Waals surface area (Å²) in [6, 6.07) is 15.8. The summed E-state index contributed by atoms with van der Waals surface area (Å²) in [7, 11) is 0. The van der Waals surface area contributed by atoms with Crippen molar-refractivity contribution in [1.82, 2.24) is 5.32 Å². The summed E-state index contributed by atoms with van der Waals surface area (Å²) in [5, 5.41) is 3.84. The number of amides is 1. The first-order valence-corrected chi connectivity index (χ1v) is 10.9. The molecule has 0 saturated carbocycles. The van der Waals surface area contributed by atoms with Crippen LogP contribution in [-0.4, -0.2) is 38.0 Å². The molecule has 0 aliphatic carbocycles. The minimum atomic E-state index is -0.0937. The van der Waals surface area contributed by atoms with E-state index in [1.807, 2.05) is 43.3 Å². The molecule has 1 amide bonds. The van der Waals surface area contributed by atoms with Crippen molar-refractivity contribution in [3.05, 3.63) is 59.1 Å². The first kappa shape index (κ1) is 21.0. The Morgan fingerprint density at radius 2 is 1.82 bits per heavy atom. The average Bonchev–Trinajstić information content (AvgIpc) is 2.73. The van der Waals surface area contributed by atoms with Gasteiger partial charge in [-0.2, -0.15) is 0 Å². The van der Waals surface area contributed by atoms with E-state index in [-0.39, 0.29) is 11.3 Å². The lowest BCUT2D eigenvalue weighted by Crippen LogP contribution is -2.45. The van der Waals surface area contributed by atoms with Crippen molar-refractivity contribution in [3.63, 3.8) is 0 Å². The number of ether oxygens (including phenoxy) is 2. The number of carbonyl (C=O) groups is 1. The van der Waals surface area contributed by atoms with Gasteiger partial charge >= 0.3 is 0 Å². The summed E-state index contributed by atoms with van der Waals surface area (Å²) < 4.78 is 11.1. The smallest absolute Gasteiger partial charge is 0.230 e. The summed E-state index contributed by atoms with van der Waals surface area (Å²) in [5.74, 6) is 1.30. The van der Waals surface area contributed by atoms with Gasteiger partial charge in [0.25, 0.3) is 0 Å². The number of carbonyl (C=O) groups excluding carboxylic acids is 1. The summed E-state index contributed by atoms with van der Waals surface area (Å²) in [4.78, 5) is 13.5. The second kappa shape index (κ2) is 10.2. The molecule has 0 radical (unpaired) electrons. The second-order valence-electron chi connectivity index (χ2n) is 6.87. The summed E-state index contributed by atoms with van der Waals surface area (Å²) in [5.41, 5.74) is 1.13. The fourth-order valence-corrected chi connectivity index (χ4v) is 4.25. The van der Waals surface area contributed by atoms with Crippen LogP contribution >= 0.6 is 23.4 Å². The topological polar surface area (TPSA) is 47.6 Å². The van der Waals surface area contributed by atoms with Crippen molar-refractivity contribution in [2.45, 2.75) is 30.1 Å². The van der Waals surface area contributed by atoms with Gasteiger partial charge < -0.3 is 14.8 Å². The monoisotopic (exact) mass is 419 g/mol. The molecule has 3 rings (SSSR count). The minimum absolute atomic E-state index is 0.0387. The zero-order valence-corrected chi connectivity index (χ0v) is 17.7. The Labute approximate surface area is 175 Å². The Morgan fingerprint density at radius 1 is 1.14 bits per heavy atom. The fourth-order valence-electron chi connectivity index (χ4n) is 3.40. The van der Waals surface area contributed by atoms with Gasteiger partial charge in [-0.1, -0.05) is 23.7 Å². The SMILES string of the molecule is CCOc1ccc(C2(CNC(=O)CSc3ccc(Cl)cc3)CCOCC2)cc1. The maximum atomic E-state index is 12.4. The van der Waals surface area contributed by atoms with E-state index in [9.17, 15) is 4.79 Å².